The highest BCUT2D eigenvalue weighted by molar-refractivity contribution is 6.34. The molecule has 100 valence electrons. The number of nitrogens with zero attached hydrogens (tertiary/aromatic N) is 2. The van der Waals surface area contributed by atoms with Gasteiger partial charge in [0.1, 0.15) is 0 Å². The summed E-state index contributed by atoms with van der Waals surface area (Å²) >= 11 is 11.8. The van der Waals surface area contributed by atoms with Crippen LogP contribution in [-0.2, 0) is 13.0 Å². The van der Waals surface area contributed by atoms with Crippen LogP contribution in [-0.4, -0.2) is 25.5 Å². The Balaban J connectivity index is 2.23. The van der Waals surface area contributed by atoms with Crippen LogP contribution in [0.25, 0.3) is 5.69 Å². The Kier molecular flexibility index (Phi) is 2.85. The lowest BCUT2D eigenvalue weighted by Crippen LogP contribution is -2.24. The van der Waals surface area contributed by atoms with Crippen LogP contribution in [0.5, 0.6) is 5.88 Å². The van der Waals surface area contributed by atoms with Gasteiger partial charge in [0.05, 0.1) is 24.0 Å². The first kappa shape index (κ1) is 12.6. The lowest BCUT2D eigenvalue weighted by Gasteiger charge is -2.06. The highest BCUT2D eigenvalue weighted by Gasteiger charge is 2.29. The van der Waals surface area contributed by atoms with Crippen molar-refractivity contribution in [3.05, 3.63) is 44.4 Å². The molecule has 0 saturated carbocycles. The van der Waals surface area contributed by atoms with Gasteiger partial charge in [-0.3, -0.25) is 4.57 Å². The van der Waals surface area contributed by atoms with Gasteiger partial charge in [0, 0.05) is 16.5 Å². The van der Waals surface area contributed by atoms with Crippen molar-refractivity contribution in [3.63, 3.8) is 0 Å². The SMILES string of the molecule is O=c1n2c(c(O)n1-c1cc(Cl)cc(Cl)c1)C[C@@H](O)C2. The predicted octanol–water partition coefficient (Wildman–Crippen LogP) is 1.57. The molecule has 1 atom stereocenters. The quantitative estimate of drug-likeness (QED) is 0.840. The number of hydrogen-bond acceptors (Lipinski definition) is 3. The molecule has 0 fully saturated rings. The summed E-state index contributed by atoms with van der Waals surface area (Å²) in [6.45, 7) is 0.184. The van der Waals surface area contributed by atoms with Gasteiger partial charge < -0.3 is 10.2 Å². The minimum atomic E-state index is -0.633. The van der Waals surface area contributed by atoms with Gasteiger partial charge in [-0.1, -0.05) is 23.2 Å². The van der Waals surface area contributed by atoms with Crippen molar-refractivity contribution in [2.45, 2.75) is 19.1 Å². The second-order valence-corrected chi connectivity index (χ2v) is 5.36. The van der Waals surface area contributed by atoms with Crippen molar-refractivity contribution in [2.24, 2.45) is 0 Å². The minimum absolute atomic E-state index is 0.181. The Hall–Kier alpha value is -1.43. The number of aliphatic hydroxyl groups excluding tert-OH is 1. The van der Waals surface area contributed by atoms with E-state index in [0.29, 0.717) is 21.4 Å². The lowest BCUT2D eigenvalue weighted by molar-refractivity contribution is 0.173. The molecular weight excluding hydrogens is 291 g/mol. The molecular formula is C12H10Cl2N2O3. The number of benzene rings is 1. The average molecular weight is 301 g/mol. The zero-order chi connectivity index (χ0) is 13.7. The second-order valence-electron chi connectivity index (χ2n) is 4.48. The molecule has 0 radical (unpaired) electrons. The van der Waals surface area contributed by atoms with Gasteiger partial charge in [-0.25, -0.2) is 9.36 Å². The number of hydrogen-bond donors (Lipinski definition) is 2. The maximum atomic E-state index is 12.2. The number of aromatic nitrogens is 2. The summed E-state index contributed by atoms with van der Waals surface area (Å²) in [7, 11) is 0. The van der Waals surface area contributed by atoms with Gasteiger partial charge in [-0.05, 0) is 18.2 Å². The van der Waals surface area contributed by atoms with Crippen molar-refractivity contribution < 1.29 is 10.2 Å². The van der Waals surface area contributed by atoms with Gasteiger partial charge in [-0.2, -0.15) is 0 Å². The van der Waals surface area contributed by atoms with Gasteiger partial charge in [0.25, 0.3) is 0 Å². The summed E-state index contributed by atoms with van der Waals surface area (Å²) in [5, 5.41) is 20.4. The summed E-state index contributed by atoms with van der Waals surface area (Å²) in [5.74, 6) is -0.181. The normalized spacial score (nSPS) is 17.7. The van der Waals surface area contributed by atoms with Crippen LogP contribution in [0.1, 0.15) is 5.69 Å². The molecule has 0 saturated heterocycles. The summed E-state index contributed by atoms with van der Waals surface area (Å²) in [4.78, 5) is 12.2. The van der Waals surface area contributed by atoms with Crippen LogP contribution in [0.4, 0.5) is 0 Å². The van der Waals surface area contributed by atoms with Crippen LogP contribution >= 0.6 is 23.2 Å². The van der Waals surface area contributed by atoms with Crippen molar-refractivity contribution in [1.82, 2.24) is 9.13 Å². The molecule has 3 rings (SSSR count). The minimum Gasteiger partial charge on any atom is -0.493 e. The van der Waals surface area contributed by atoms with Crippen molar-refractivity contribution in [3.8, 4) is 11.6 Å². The molecule has 0 amide bonds. The Morgan fingerprint density at radius 3 is 2.42 bits per heavy atom. The third-order valence-electron chi connectivity index (χ3n) is 3.15. The fourth-order valence-electron chi connectivity index (χ4n) is 2.37. The van der Waals surface area contributed by atoms with Gasteiger partial charge in [0.15, 0.2) is 0 Å². The summed E-state index contributed by atoms with van der Waals surface area (Å²) in [6.07, 6.45) is -0.381. The molecule has 1 aliphatic heterocycles. The first-order valence-corrected chi connectivity index (χ1v) is 6.41. The molecule has 0 spiro atoms. The zero-order valence-corrected chi connectivity index (χ0v) is 11.2. The highest BCUT2D eigenvalue weighted by Crippen LogP contribution is 2.28. The van der Waals surface area contributed by atoms with E-state index in [1.165, 1.54) is 4.57 Å². The molecule has 0 aliphatic carbocycles. The van der Waals surface area contributed by atoms with E-state index in [-0.39, 0.29) is 18.8 Å². The number of aromatic hydroxyl groups is 1. The van der Waals surface area contributed by atoms with Crippen LogP contribution in [0.3, 0.4) is 0 Å². The molecule has 2 heterocycles. The molecule has 2 N–H and O–H groups in total. The molecule has 0 bridgehead atoms. The molecule has 1 aliphatic rings. The lowest BCUT2D eigenvalue weighted by atomic mass is 10.2. The zero-order valence-electron chi connectivity index (χ0n) is 9.68. The Bertz CT molecular complexity index is 700. The number of rotatable bonds is 1. The third-order valence-corrected chi connectivity index (χ3v) is 3.58. The number of aliphatic hydroxyl groups is 1. The average Bonchev–Trinajstić information content (AvgIpc) is 2.78. The maximum Gasteiger partial charge on any atom is 0.336 e. The van der Waals surface area contributed by atoms with Gasteiger partial charge in [0.2, 0.25) is 5.88 Å². The van der Waals surface area contributed by atoms with E-state index in [4.69, 9.17) is 23.2 Å². The molecule has 19 heavy (non-hydrogen) atoms. The fraction of sp³-hybridized carbons (Fsp3) is 0.250. The van der Waals surface area contributed by atoms with E-state index in [1.807, 2.05) is 0 Å². The standard InChI is InChI=1S/C12H10Cl2N2O3/c13-6-1-7(14)3-8(2-6)16-11(18)10-4-9(17)5-15(10)12(16)19/h1-3,9,17-18H,4-5H2/t9-/m1/s1. The molecule has 1 aromatic carbocycles. The van der Waals surface area contributed by atoms with E-state index in [0.717, 1.165) is 4.57 Å². The van der Waals surface area contributed by atoms with Gasteiger partial charge in [-0.15, -0.1) is 0 Å². The Morgan fingerprint density at radius 1 is 1.21 bits per heavy atom. The summed E-state index contributed by atoms with van der Waals surface area (Å²) in [6, 6.07) is 4.63. The Morgan fingerprint density at radius 2 is 1.84 bits per heavy atom. The van der Waals surface area contributed by atoms with Crippen molar-refractivity contribution >= 4 is 23.2 Å². The fourth-order valence-corrected chi connectivity index (χ4v) is 2.88. The third kappa shape index (κ3) is 1.94. The van der Waals surface area contributed by atoms with E-state index < -0.39 is 11.8 Å². The van der Waals surface area contributed by atoms with Gasteiger partial charge >= 0.3 is 5.69 Å². The van der Waals surface area contributed by atoms with Crippen molar-refractivity contribution in [2.75, 3.05) is 0 Å². The van der Waals surface area contributed by atoms with Crippen LogP contribution in [0.15, 0.2) is 23.0 Å². The molecule has 1 aromatic heterocycles. The Labute approximate surface area is 118 Å². The second kappa shape index (κ2) is 4.30. The topological polar surface area (TPSA) is 67.4 Å². The van der Waals surface area contributed by atoms with Crippen LogP contribution < -0.4 is 5.69 Å². The van der Waals surface area contributed by atoms with E-state index in [2.05, 4.69) is 0 Å². The molecule has 0 unspecified atom stereocenters. The van der Waals surface area contributed by atoms with Crippen molar-refractivity contribution in [1.29, 1.82) is 0 Å². The number of fused-ring (bicyclic) bond motifs is 1. The first-order chi connectivity index (χ1) is 8.97. The van der Waals surface area contributed by atoms with E-state index in [1.54, 1.807) is 18.2 Å². The van der Waals surface area contributed by atoms with E-state index in [9.17, 15) is 15.0 Å². The molecule has 7 heteroatoms. The molecule has 5 nitrogen and oxygen atoms in total. The first-order valence-electron chi connectivity index (χ1n) is 5.65. The largest absolute Gasteiger partial charge is 0.493 e. The monoisotopic (exact) mass is 300 g/mol. The van der Waals surface area contributed by atoms with Crippen LogP contribution in [0.2, 0.25) is 10.0 Å². The highest BCUT2D eigenvalue weighted by atomic mass is 35.5. The number of imidazole rings is 1. The van der Waals surface area contributed by atoms with E-state index >= 15 is 0 Å². The predicted molar refractivity (Wildman–Crippen MR) is 71.4 cm³/mol. The molecule has 2 aromatic rings. The number of halogens is 2. The summed E-state index contributed by atoms with van der Waals surface area (Å²) in [5.41, 5.74) is 0.410. The van der Waals surface area contributed by atoms with Crippen LogP contribution in [0, 0.1) is 0 Å². The summed E-state index contributed by atoms with van der Waals surface area (Å²) < 4.78 is 2.49. The smallest absolute Gasteiger partial charge is 0.336 e. The maximum absolute atomic E-state index is 12.2.